The second-order valence-electron chi connectivity index (χ2n) is 6.72. The molecular weight excluding hydrogens is 394 g/mol. The number of benzene rings is 3. The lowest BCUT2D eigenvalue weighted by Crippen LogP contribution is -2.07. The molecule has 0 radical (unpaired) electrons. The minimum Gasteiger partial charge on any atom is -0.497 e. The predicted molar refractivity (Wildman–Crippen MR) is 119 cm³/mol. The highest BCUT2D eigenvalue weighted by atomic mass is 16.5. The summed E-state index contributed by atoms with van der Waals surface area (Å²) in [6.07, 6.45) is 1.75. The molecule has 7 heteroatoms. The van der Waals surface area contributed by atoms with Gasteiger partial charge in [-0.25, -0.2) is 9.48 Å². The highest BCUT2D eigenvalue weighted by Crippen LogP contribution is 2.35. The molecule has 1 heterocycles. The zero-order chi connectivity index (χ0) is 21.8. The molecule has 0 saturated carbocycles. The monoisotopic (exact) mass is 415 g/mol. The van der Waals surface area contributed by atoms with E-state index in [-0.39, 0.29) is 5.56 Å². The Kier molecular flexibility index (Phi) is 5.57. The number of para-hydroxylation sites is 1. The number of carboxylic acid groups (broad SMARTS) is 1. The molecule has 4 rings (SSSR count). The maximum atomic E-state index is 11.9. The summed E-state index contributed by atoms with van der Waals surface area (Å²) in [5, 5.41) is 17.6. The van der Waals surface area contributed by atoms with Crippen molar-refractivity contribution in [1.82, 2.24) is 9.78 Å². The molecule has 0 saturated heterocycles. The quantitative estimate of drug-likeness (QED) is 0.442. The lowest BCUT2D eigenvalue weighted by molar-refractivity contribution is 0.0697. The topological polar surface area (TPSA) is 85.6 Å². The van der Waals surface area contributed by atoms with E-state index in [0.29, 0.717) is 17.3 Å². The molecule has 0 unspecified atom stereocenters. The Balaban J connectivity index is 1.85. The molecule has 31 heavy (non-hydrogen) atoms. The number of aromatic carboxylic acids is 1. The second-order valence-corrected chi connectivity index (χ2v) is 6.72. The Hall–Kier alpha value is -4.26. The molecule has 0 fully saturated rings. The molecule has 0 aliphatic carbocycles. The molecule has 0 atom stereocenters. The van der Waals surface area contributed by atoms with Gasteiger partial charge in [0.1, 0.15) is 17.3 Å². The van der Waals surface area contributed by atoms with E-state index in [0.717, 1.165) is 22.6 Å². The Morgan fingerprint density at radius 3 is 2.26 bits per heavy atom. The Labute approximate surface area is 179 Å². The molecule has 1 aromatic heterocycles. The molecular formula is C24H21N3O4. The number of methoxy groups -OCH3 is 2. The molecule has 0 amide bonds. The number of hydrogen-bond donors (Lipinski definition) is 2. The van der Waals surface area contributed by atoms with E-state index in [4.69, 9.17) is 9.47 Å². The highest BCUT2D eigenvalue weighted by molar-refractivity contribution is 5.96. The average Bonchev–Trinajstić information content (AvgIpc) is 3.23. The Morgan fingerprint density at radius 1 is 0.935 bits per heavy atom. The first-order chi connectivity index (χ1) is 15.1. The summed E-state index contributed by atoms with van der Waals surface area (Å²) in [5.41, 5.74) is 3.10. The lowest BCUT2D eigenvalue weighted by atomic mass is 10.1. The molecule has 3 aromatic carbocycles. The summed E-state index contributed by atoms with van der Waals surface area (Å²) < 4.78 is 12.2. The number of carboxylic acids is 1. The van der Waals surface area contributed by atoms with Gasteiger partial charge >= 0.3 is 5.97 Å². The summed E-state index contributed by atoms with van der Waals surface area (Å²) in [6.45, 7) is 0. The van der Waals surface area contributed by atoms with Gasteiger partial charge in [-0.1, -0.05) is 30.3 Å². The first-order valence-electron chi connectivity index (χ1n) is 9.57. The van der Waals surface area contributed by atoms with Gasteiger partial charge in [0.2, 0.25) is 0 Å². The van der Waals surface area contributed by atoms with Gasteiger partial charge < -0.3 is 19.9 Å². The summed E-state index contributed by atoms with van der Waals surface area (Å²) in [7, 11) is 3.12. The SMILES string of the molecule is COc1ccc(-c2cnn(-c3ccccc3)c2Nc2ccc(OC)cc2C(=O)O)cc1. The molecule has 0 bridgehead atoms. The van der Waals surface area contributed by atoms with Crippen LogP contribution in [-0.2, 0) is 0 Å². The number of hydrogen-bond acceptors (Lipinski definition) is 5. The van der Waals surface area contributed by atoms with Crippen LogP contribution in [0.15, 0.2) is 79.0 Å². The third kappa shape index (κ3) is 4.06. The van der Waals surface area contributed by atoms with E-state index >= 15 is 0 Å². The molecule has 2 N–H and O–H groups in total. The van der Waals surface area contributed by atoms with Gasteiger partial charge in [0.15, 0.2) is 0 Å². The second kappa shape index (κ2) is 8.62. The third-order valence-corrected chi connectivity index (χ3v) is 4.88. The van der Waals surface area contributed by atoms with Crippen molar-refractivity contribution in [2.45, 2.75) is 0 Å². The van der Waals surface area contributed by atoms with Crippen molar-refractivity contribution in [2.75, 3.05) is 19.5 Å². The highest BCUT2D eigenvalue weighted by Gasteiger charge is 2.18. The van der Waals surface area contributed by atoms with Crippen LogP contribution in [0.25, 0.3) is 16.8 Å². The van der Waals surface area contributed by atoms with Crippen molar-refractivity contribution in [3.8, 4) is 28.3 Å². The molecule has 7 nitrogen and oxygen atoms in total. The smallest absolute Gasteiger partial charge is 0.337 e. The summed E-state index contributed by atoms with van der Waals surface area (Å²) in [4.78, 5) is 11.9. The van der Waals surface area contributed by atoms with Crippen molar-refractivity contribution >= 4 is 17.5 Å². The van der Waals surface area contributed by atoms with Crippen molar-refractivity contribution in [3.63, 3.8) is 0 Å². The molecule has 0 aliphatic rings. The molecule has 156 valence electrons. The van der Waals surface area contributed by atoms with Crippen molar-refractivity contribution < 1.29 is 19.4 Å². The van der Waals surface area contributed by atoms with Gasteiger partial charge in [0, 0.05) is 5.56 Å². The van der Waals surface area contributed by atoms with Crippen LogP contribution in [0.4, 0.5) is 11.5 Å². The lowest BCUT2D eigenvalue weighted by Gasteiger charge is -2.15. The first-order valence-corrected chi connectivity index (χ1v) is 9.57. The van der Waals surface area contributed by atoms with Crippen LogP contribution < -0.4 is 14.8 Å². The standard InChI is InChI=1S/C24H21N3O4/c1-30-18-10-8-16(9-11-18)21-15-25-27(17-6-4-3-5-7-17)23(21)26-22-13-12-19(31-2)14-20(22)24(28)29/h3-15,26H,1-2H3,(H,28,29). The maximum absolute atomic E-state index is 11.9. The Bertz CT molecular complexity index is 1200. The van der Waals surface area contributed by atoms with E-state index < -0.39 is 5.97 Å². The van der Waals surface area contributed by atoms with Gasteiger partial charge in [-0.2, -0.15) is 5.10 Å². The number of nitrogens with one attached hydrogen (secondary N) is 1. The zero-order valence-corrected chi connectivity index (χ0v) is 17.1. The van der Waals surface area contributed by atoms with Gasteiger partial charge in [-0.3, -0.25) is 0 Å². The van der Waals surface area contributed by atoms with Crippen LogP contribution in [0.5, 0.6) is 11.5 Å². The predicted octanol–water partition coefficient (Wildman–Crippen LogP) is 5.00. The van der Waals surface area contributed by atoms with Gasteiger partial charge in [-0.05, 0) is 48.0 Å². The number of ether oxygens (including phenoxy) is 2. The van der Waals surface area contributed by atoms with E-state index in [9.17, 15) is 9.90 Å². The van der Waals surface area contributed by atoms with Crippen LogP contribution in [-0.4, -0.2) is 35.1 Å². The number of aromatic nitrogens is 2. The normalized spacial score (nSPS) is 10.5. The summed E-state index contributed by atoms with van der Waals surface area (Å²) in [6, 6.07) is 22.1. The molecule has 0 aliphatic heterocycles. The van der Waals surface area contributed by atoms with Gasteiger partial charge in [-0.15, -0.1) is 0 Å². The minimum atomic E-state index is -1.06. The van der Waals surface area contributed by atoms with Crippen LogP contribution in [0.1, 0.15) is 10.4 Å². The fourth-order valence-electron chi connectivity index (χ4n) is 3.28. The fourth-order valence-corrected chi connectivity index (χ4v) is 3.28. The van der Waals surface area contributed by atoms with Crippen molar-refractivity contribution in [1.29, 1.82) is 0 Å². The van der Waals surface area contributed by atoms with E-state index in [1.54, 1.807) is 30.1 Å². The van der Waals surface area contributed by atoms with Crippen LogP contribution in [0.2, 0.25) is 0 Å². The minimum absolute atomic E-state index is 0.0980. The average molecular weight is 415 g/mol. The number of anilines is 2. The molecule has 0 spiro atoms. The largest absolute Gasteiger partial charge is 0.497 e. The van der Waals surface area contributed by atoms with Crippen LogP contribution in [0, 0.1) is 0 Å². The van der Waals surface area contributed by atoms with E-state index in [1.807, 2.05) is 54.6 Å². The summed E-state index contributed by atoms with van der Waals surface area (Å²) >= 11 is 0. The van der Waals surface area contributed by atoms with Gasteiger partial charge in [0.05, 0.1) is 37.4 Å². The van der Waals surface area contributed by atoms with Crippen LogP contribution >= 0.6 is 0 Å². The number of nitrogens with zero attached hydrogens (tertiary/aromatic N) is 2. The van der Waals surface area contributed by atoms with E-state index in [2.05, 4.69) is 10.4 Å². The first kappa shape index (κ1) is 20.0. The fraction of sp³-hybridized carbons (Fsp3) is 0.0833. The van der Waals surface area contributed by atoms with E-state index in [1.165, 1.54) is 13.2 Å². The van der Waals surface area contributed by atoms with Crippen molar-refractivity contribution in [3.05, 3.63) is 84.6 Å². The Morgan fingerprint density at radius 2 is 1.61 bits per heavy atom. The van der Waals surface area contributed by atoms with Gasteiger partial charge in [0.25, 0.3) is 0 Å². The number of carbonyl (C=O) groups is 1. The van der Waals surface area contributed by atoms with Crippen molar-refractivity contribution in [2.24, 2.45) is 0 Å². The van der Waals surface area contributed by atoms with Crippen LogP contribution in [0.3, 0.4) is 0 Å². The molecule has 4 aromatic rings. The summed E-state index contributed by atoms with van der Waals surface area (Å²) in [5.74, 6) is 0.800. The zero-order valence-electron chi connectivity index (χ0n) is 17.1. The number of rotatable bonds is 7. The third-order valence-electron chi connectivity index (χ3n) is 4.88. The maximum Gasteiger partial charge on any atom is 0.337 e.